The summed E-state index contributed by atoms with van der Waals surface area (Å²) in [6.45, 7) is 2.20. The van der Waals surface area contributed by atoms with Crippen LogP contribution in [0.1, 0.15) is 35.7 Å². The third-order valence-electron chi connectivity index (χ3n) is 5.02. The first-order valence-corrected chi connectivity index (χ1v) is 9.83. The lowest BCUT2D eigenvalue weighted by Gasteiger charge is -2.28. The first-order valence-electron chi connectivity index (χ1n) is 9.42. The number of nitrogens with zero attached hydrogens (tertiary/aromatic N) is 3. The van der Waals surface area contributed by atoms with Gasteiger partial charge in [0.2, 0.25) is 0 Å². The van der Waals surface area contributed by atoms with Crippen LogP contribution < -0.4 is 5.32 Å². The number of methoxy groups -OCH3 is 1. The van der Waals surface area contributed by atoms with Crippen LogP contribution in [-0.4, -0.2) is 39.8 Å². The largest absolute Gasteiger partial charge is 0.467 e. The third kappa shape index (κ3) is 3.81. The molecule has 0 bridgehead atoms. The lowest BCUT2D eigenvalue weighted by molar-refractivity contribution is 0.179. The van der Waals surface area contributed by atoms with E-state index < -0.39 is 0 Å². The average Bonchev–Trinajstić information content (AvgIpc) is 3.45. The molecule has 0 saturated carbocycles. The third-order valence-corrected chi connectivity index (χ3v) is 5.37. The molecule has 3 aromatic heterocycles. The highest BCUT2D eigenvalue weighted by Crippen LogP contribution is 2.38. The highest BCUT2D eigenvalue weighted by molar-refractivity contribution is 7.80. The van der Waals surface area contributed by atoms with Gasteiger partial charge in [0.15, 0.2) is 5.11 Å². The minimum atomic E-state index is -0.0125. The Labute approximate surface area is 170 Å². The minimum absolute atomic E-state index is 0.0125. The van der Waals surface area contributed by atoms with Crippen LogP contribution in [0.25, 0.3) is 0 Å². The van der Waals surface area contributed by atoms with Gasteiger partial charge in [0.1, 0.15) is 5.76 Å². The summed E-state index contributed by atoms with van der Waals surface area (Å²) in [5.74, 6) is 0.923. The summed E-state index contributed by atoms with van der Waals surface area (Å²) >= 11 is 5.70. The maximum Gasteiger partial charge on any atom is 0.170 e. The fourth-order valence-electron chi connectivity index (χ4n) is 3.76. The molecule has 1 aliphatic rings. The van der Waals surface area contributed by atoms with Crippen molar-refractivity contribution in [3.05, 3.63) is 78.3 Å². The van der Waals surface area contributed by atoms with Crippen LogP contribution in [0, 0.1) is 0 Å². The summed E-state index contributed by atoms with van der Waals surface area (Å²) in [6.07, 6.45) is 6.52. The van der Waals surface area contributed by atoms with Gasteiger partial charge < -0.3 is 23.9 Å². The van der Waals surface area contributed by atoms with Crippen molar-refractivity contribution in [1.29, 1.82) is 0 Å². The highest BCUT2D eigenvalue weighted by atomic mass is 32.1. The standard InChI is InChI=1S/C21H24N4O2S/c1-26-13-6-12-25-20(19(23-21(25)28)17-8-2-3-10-22-17)18-9-4-11-24(18)15-16-7-5-14-27-16/h2-5,7-11,14,19-20H,6,12-13,15H2,1H3,(H,23,28)/t19-,20+/m0/s1. The number of nitrogens with one attached hydrogen (secondary N) is 1. The Balaban J connectivity index is 1.68. The Morgan fingerprint density at radius 2 is 2.14 bits per heavy atom. The van der Waals surface area contributed by atoms with Crippen molar-refractivity contribution >= 4 is 17.3 Å². The van der Waals surface area contributed by atoms with E-state index in [2.05, 4.69) is 38.1 Å². The maximum atomic E-state index is 5.70. The van der Waals surface area contributed by atoms with E-state index in [1.54, 1.807) is 13.4 Å². The van der Waals surface area contributed by atoms with E-state index in [-0.39, 0.29) is 12.1 Å². The normalized spacial score (nSPS) is 19.2. The lowest BCUT2D eigenvalue weighted by atomic mass is 10.0. The number of hydrogen-bond donors (Lipinski definition) is 1. The summed E-state index contributed by atoms with van der Waals surface area (Å²) in [4.78, 5) is 6.84. The molecule has 1 fully saturated rings. The molecule has 4 rings (SSSR count). The number of pyridine rings is 1. The number of ether oxygens (including phenoxy) is 1. The Kier molecular flexibility index (Phi) is 5.73. The zero-order valence-electron chi connectivity index (χ0n) is 15.8. The van der Waals surface area contributed by atoms with Crippen molar-refractivity contribution in [2.45, 2.75) is 25.0 Å². The molecular formula is C21H24N4O2S. The van der Waals surface area contributed by atoms with E-state index in [9.17, 15) is 0 Å². The Hall–Kier alpha value is -2.64. The molecular weight excluding hydrogens is 372 g/mol. The van der Waals surface area contributed by atoms with Gasteiger partial charge in [-0.25, -0.2) is 0 Å². The highest BCUT2D eigenvalue weighted by Gasteiger charge is 2.40. The number of aromatic nitrogens is 2. The topological polar surface area (TPSA) is 55.5 Å². The van der Waals surface area contributed by atoms with Gasteiger partial charge in [0.25, 0.3) is 0 Å². The number of hydrogen-bond acceptors (Lipinski definition) is 4. The van der Waals surface area contributed by atoms with E-state index >= 15 is 0 Å². The van der Waals surface area contributed by atoms with Crippen molar-refractivity contribution < 1.29 is 9.15 Å². The van der Waals surface area contributed by atoms with Gasteiger partial charge >= 0.3 is 0 Å². The number of thiocarbonyl (C=S) groups is 1. The summed E-state index contributed by atoms with van der Waals surface area (Å²) in [6, 6.07) is 14.2. The smallest absolute Gasteiger partial charge is 0.170 e. The Morgan fingerprint density at radius 1 is 1.21 bits per heavy atom. The van der Waals surface area contributed by atoms with Crippen LogP contribution in [-0.2, 0) is 11.3 Å². The predicted octanol–water partition coefficient (Wildman–Crippen LogP) is 3.53. The zero-order chi connectivity index (χ0) is 19.3. The summed E-state index contributed by atoms with van der Waals surface area (Å²) in [5.41, 5.74) is 2.16. The summed E-state index contributed by atoms with van der Waals surface area (Å²) in [5, 5.41) is 4.24. The van der Waals surface area contributed by atoms with Crippen molar-refractivity contribution in [1.82, 2.24) is 19.8 Å². The molecule has 0 unspecified atom stereocenters. The van der Waals surface area contributed by atoms with Crippen LogP contribution in [0.3, 0.4) is 0 Å². The monoisotopic (exact) mass is 396 g/mol. The second kappa shape index (κ2) is 8.58. The molecule has 6 nitrogen and oxygen atoms in total. The molecule has 4 heterocycles. The Morgan fingerprint density at radius 3 is 2.89 bits per heavy atom. The molecule has 2 atom stereocenters. The second-order valence-electron chi connectivity index (χ2n) is 6.81. The van der Waals surface area contributed by atoms with Gasteiger partial charge in [0, 0.05) is 38.3 Å². The molecule has 0 aliphatic carbocycles. The molecule has 28 heavy (non-hydrogen) atoms. The fourth-order valence-corrected chi connectivity index (χ4v) is 4.09. The van der Waals surface area contributed by atoms with E-state index in [4.69, 9.17) is 21.4 Å². The molecule has 0 spiro atoms. The molecule has 3 aromatic rings. The molecule has 0 amide bonds. The average molecular weight is 397 g/mol. The van der Waals surface area contributed by atoms with Gasteiger partial charge in [-0.1, -0.05) is 6.07 Å². The lowest BCUT2D eigenvalue weighted by Crippen LogP contribution is -2.32. The first-order chi connectivity index (χ1) is 13.8. The molecule has 146 valence electrons. The quantitative estimate of drug-likeness (QED) is 0.464. The molecule has 1 aliphatic heterocycles. The summed E-state index contributed by atoms with van der Waals surface area (Å²) < 4.78 is 13.0. The first kappa shape index (κ1) is 18.7. The van der Waals surface area contributed by atoms with Gasteiger partial charge in [-0.15, -0.1) is 0 Å². The van der Waals surface area contributed by atoms with E-state index in [0.717, 1.165) is 29.5 Å². The van der Waals surface area contributed by atoms with Crippen LogP contribution in [0.2, 0.25) is 0 Å². The van der Waals surface area contributed by atoms with E-state index in [1.165, 1.54) is 5.69 Å². The van der Waals surface area contributed by atoms with Crippen LogP contribution >= 0.6 is 12.2 Å². The molecule has 7 heteroatoms. The Bertz CT molecular complexity index is 894. The van der Waals surface area contributed by atoms with Gasteiger partial charge in [-0.3, -0.25) is 4.98 Å². The number of furan rings is 1. The zero-order valence-corrected chi connectivity index (χ0v) is 16.6. The van der Waals surface area contributed by atoms with Crippen molar-refractivity contribution in [3.8, 4) is 0 Å². The fraction of sp³-hybridized carbons (Fsp3) is 0.333. The van der Waals surface area contributed by atoms with Gasteiger partial charge in [0.05, 0.1) is 30.6 Å². The second-order valence-corrected chi connectivity index (χ2v) is 7.19. The van der Waals surface area contributed by atoms with E-state index in [1.807, 2.05) is 36.5 Å². The van der Waals surface area contributed by atoms with Crippen molar-refractivity contribution in [2.24, 2.45) is 0 Å². The summed E-state index contributed by atoms with van der Waals surface area (Å²) in [7, 11) is 1.73. The van der Waals surface area contributed by atoms with Crippen molar-refractivity contribution in [3.63, 3.8) is 0 Å². The molecule has 1 saturated heterocycles. The van der Waals surface area contributed by atoms with Crippen LogP contribution in [0.5, 0.6) is 0 Å². The van der Waals surface area contributed by atoms with Gasteiger partial charge in [-0.2, -0.15) is 0 Å². The van der Waals surface area contributed by atoms with Crippen LogP contribution in [0.4, 0.5) is 0 Å². The van der Waals surface area contributed by atoms with E-state index in [0.29, 0.717) is 13.2 Å². The van der Waals surface area contributed by atoms with Gasteiger partial charge in [-0.05, 0) is 55.0 Å². The molecule has 0 radical (unpaired) electrons. The van der Waals surface area contributed by atoms with Crippen molar-refractivity contribution in [2.75, 3.05) is 20.3 Å². The maximum absolute atomic E-state index is 5.70. The predicted molar refractivity (Wildman–Crippen MR) is 111 cm³/mol. The number of rotatable bonds is 8. The minimum Gasteiger partial charge on any atom is -0.467 e. The SMILES string of the molecule is COCCCN1C(=S)N[C@@H](c2ccccn2)[C@H]1c1cccn1Cc1ccco1. The van der Waals surface area contributed by atoms with Crippen LogP contribution in [0.15, 0.2) is 65.5 Å². The molecule has 0 aromatic carbocycles. The molecule has 1 N–H and O–H groups in total.